The van der Waals surface area contributed by atoms with Gasteiger partial charge in [-0.3, -0.25) is 9.78 Å². The summed E-state index contributed by atoms with van der Waals surface area (Å²) >= 11 is 1.39. The zero-order valence-electron chi connectivity index (χ0n) is 12.6. The highest BCUT2D eigenvalue weighted by Crippen LogP contribution is 2.34. The summed E-state index contributed by atoms with van der Waals surface area (Å²) in [5.41, 5.74) is 8.65. The zero-order chi connectivity index (χ0) is 15.8. The molecular weight excluding hydrogens is 306 g/mol. The average Bonchev–Trinajstić information content (AvgIpc) is 3.28. The van der Waals surface area contributed by atoms with E-state index in [1.165, 1.54) is 24.2 Å². The first kappa shape index (κ1) is 14.2. The lowest BCUT2D eigenvalue weighted by molar-refractivity contribution is 0.100. The average molecular weight is 323 g/mol. The molecule has 0 bridgehead atoms. The summed E-state index contributed by atoms with van der Waals surface area (Å²) in [6, 6.07) is 10.2. The van der Waals surface area contributed by atoms with Gasteiger partial charge in [0.15, 0.2) is 0 Å². The summed E-state index contributed by atoms with van der Waals surface area (Å²) in [6.45, 7) is 1.04. The molecule has 2 heterocycles. The maximum absolute atomic E-state index is 11.4. The molecule has 2 aromatic heterocycles. The molecule has 0 radical (unpaired) electrons. The van der Waals surface area contributed by atoms with Crippen LogP contribution in [-0.4, -0.2) is 17.4 Å². The minimum atomic E-state index is -0.392. The number of aromatic nitrogens is 1. The number of carbonyl (C=O) groups is 1. The van der Waals surface area contributed by atoms with Crippen molar-refractivity contribution in [3.63, 3.8) is 0 Å². The Morgan fingerprint density at radius 3 is 2.96 bits per heavy atom. The van der Waals surface area contributed by atoms with Gasteiger partial charge in [-0.15, -0.1) is 11.3 Å². The monoisotopic (exact) mass is 323 g/mol. The second-order valence-electron chi connectivity index (χ2n) is 5.98. The van der Waals surface area contributed by atoms with Gasteiger partial charge in [-0.25, -0.2) is 0 Å². The number of hydrogen-bond donors (Lipinski definition) is 2. The van der Waals surface area contributed by atoms with E-state index in [1.54, 1.807) is 6.20 Å². The van der Waals surface area contributed by atoms with E-state index in [0.29, 0.717) is 4.88 Å². The van der Waals surface area contributed by atoms with Gasteiger partial charge in [-0.1, -0.05) is 12.1 Å². The maximum Gasteiger partial charge on any atom is 0.258 e. The number of nitrogens with zero attached hydrogens (tertiary/aromatic N) is 1. The predicted molar refractivity (Wildman–Crippen MR) is 94.8 cm³/mol. The van der Waals surface area contributed by atoms with Crippen LogP contribution < -0.4 is 11.1 Å². The molecule has 0 atom stereocenters. The molecule has 3 N–H and O–H groups in total. The van der Waals surface area contributed by atoms with Crippen molar-refractivity contribution in [2.24, 2.45) is 11.7 Å². The van der Waals surface area contributed by atoms with Crippen LogP contribution in [0.1, 0.15) is 22.5 Å². The van der Waals surface area contributed by atoms with E-state index in [4.69, 9.17) is 5.73 Å². The highest BCUT2D eigenvalue weighted by Gasteiger charge is 2.20. The van der Waals surface area contributed by atoms with Gasteiger partial charge in [-0.05, 0) is 42.5 Å². The number of anilines is 1. The minimum Gasteiger partial charge on any atom is -0.385 e. The number of benzene rings is 1. The molecule has 1 aliphatic carbocycles. The summed E-state index contributed by atoms with van der Waals surface area (Å²) in [5, 5.41) is 4.52. The van der Waals surface area contributed by atoms with Crippen molar-refractivity contribution in [1.29, 1.82) is 0 Å². The summed E-state index contributed by atoms with van der Waals surface area (Å²) in [4.78, 5) is 16.3. The van der Waals surface area contributed by atoms with Gasteiger partial charge in [0.05, 0.1) is 9.58 Å². The summed E-state index contributed by atoms with van der Waals surface area (Å²) < 4.78 is 0.979. The normalized spacial score (nSPS) is 14.1. The Kier molecular flexibility index (Phi) is 3.50. The molecule has 0 spiro atoms. The van der Waals surface area contributed by atoms with Gasteiger partial charge in [0.25, 0.3) is 5.91 Å². The number of fused-ring (bicyclic) bond motifs is 1. The van der Waals surface area contributed by atoms with Crippen LogP contribution in [0.3, 0.4) is 0 Å². The van der Waals surface area contributed by atoms with Gasteiger partial charge < -0.3 is 11.1 Å². The first-order valence-electron chi connectivity index (χ1n) is 7.72. The number of hydrogen-bond acceptors (Lipinski definition) is 4. The molecule has 5 heteroatoms. The Balaban J connectivity index is 1.72. The van der Waals surface area contributed by atoms with Crippen molar-refractivity contribution in [3.05, 3.63) is 47.6 Å². The molecule has 116 valence electrons. The fourth-order valence-electron chi connectivity index (χ4n) is 2.69. The second-order valence-corrected chi connectivity index (χ2v) is 7.06. The molecule has 0 saturated heterocycles. The lowest BCUT2D eigenvalue weighted by Gasteiger charge is -2.08. The fraction of sp³-hybridized carbons (Fsp3) is 0.222. The van der Waals surface area contributed by atoms with E-state index < -0.39 is 5.91 Å². The third-order valence-electron chi connectivity index (χ3n) is 4.15. The van der Waals surface area contributed by atoms with Crippen molar-refractivity contribution in [2.45, 2.75) is 12.8 Å². The predicted octanol–water partition coefficient (Wildman–Crippen LogP) is 3.88. The first-order valence-corrected chi connectivity index (χ1v) is 8.54. The van der Waals surface area contributed by atoms with E-state index in [1.807, 2.05) is 18.3 Å². The van der Waals surface area contributed by atoms with Gasteiger partial charge in [0.2, 0.25) is 0 Å². The lowest BCUT2D eigenvalue weighted by atomic mass is 10.0. The zero-order valence-corrected chi connectivity index (χ0v) is 13.4. The van der Waals surface area contributed by atoms with Crippen molar-refractivity contribution >= 4 is 33.0 Å². The number of nitrogens with one attached hydrogen (secondary N) is 1. The third-order valence-corrected chi connectivity index (χ3v) is 5.24. The van der Waals surface area contributed by atoms with E-state index in [0.717, 1.165) is 39.4 Å². The van der Waals surface area contributed by atoms with Crippen LogP contribution in [-0.2, 0) is 0 Å². The Morgan fingerprint density at radius 1 is 1.30 bits per heavy atom. The fourth-order valence-corrected chi connectivity index (χ4v) is 3.60. The Labute approximate surface area is 138 Å². The van der Waals surface area contributed by atoms with Crippen molar-refractivity contribution in [1.82, 2.24) is 4.98 Å². The van der Waals surface area contributed by atoms with E-state index in [9.17, 15) is 4.79 Å². The number of carbonyl (C=O) groups excluding carboxylic acids is 1. The number of nitrogens with two attached hydrogens (primary N) is 1. The van der Waals surface area contributed by atoms with Crippen molar-refractivity contribution < 1.29 is 4.79 Å². The molecule has 1 aromatic carbocycles. The van der Waals surface area contributed by atoms with Gasteiger partial charge >= 0.3 is 0 Å². The highest BCUT2D eigenvalue weighted by atomic mass is 32.1. The van der Waals surface area contributed by atoms with Crippen molar-refractivity contribution in [3.8, 4) is 11.1 Å². The van der Waals surface area contributed by atoms with Crippen LogP contribution in [0, 0.1) is 5.92 Å². The minimum absolute atomic E-state index is 0.392. The highest BCUT2D eigenvalue weighted by molar-refractivity contribution is 7.20. The molecule has 3 aromatic rings. The quantitative estimate of drug-likeness (QED) is 0.748. The van der Waals surface area contributed by atoms with Crippen molar-refractivity contribution in [2.75, 3.05) is 11.9 Å². The molecule has 4 nitrogen and oxygen atoms in total. The lowest BCUT2D eigenvalue weighted by Crippen LogP contribution is -2.08. The number of primary amides is 1. The second kappa shape index (κ2) is 5.66. The summed E-state index contributed by atoms with van der Waals surface area (Å²) in [7, 11) is 0. The first-order chi connectivity index (χ1) is 11.2. The van der Waals surface area contributed by atoms with E-state index in [2.05, 4.69) is 28.5 Å². The van der Waals surface area contributed by atoms with E-state index in [-0.39, 0.29) is 0 Å². The number of rotatable bonds is 5. The topological polar surface area (TPSA) is 68.0 Å². The van der Waals surface area contributed by atoms with Gasteiger partial charge in [-0.2, -0.15) is 0 Å². The molecule has 1 amide bonds. The smallest absolute Gasteiger partial charge is 0.258 e. The molecule has 1 saturated carbocycles. The molecule has 4 rings (SSSR count). The van der Waals surface area contributed by atoms with Crippen LogP contribution in [0.5, 0.6) is 0 Å². The number of amides is 1. The number of thiophene rings is 1. The molecule has 1 fully saturated rings. The number of pyridine rings is 1. The van der Waals surface area contributed by atoms with Gasteiger partial charge in [0.1, 0.15) is 0 Å². The molecule has 0 aliphatic heterocycles. The molecular formula is C18H17N3OS. The molecule has 0 unspecified atom stereocenters. The largest absolute Gasteiger partial charge is 0.385 e. The Morgan fingerprint density at radius 2 is 2.17 bits per heavy atom. The third kappa shape index (κ3) is 2.92. The van der Waals surface area contributed by atoms with E-state index >= 15 is 0 Å². The van der Waals surface area contributed by atoms with Crippen LogP contribution in [0.15, 0.2) is 42.7 Å². The Bertz CT molecular complexity index is 883. The SMILES string of the molecule is NC(=O)c1cc2c(-c3cccc(NCC4CC4)c3)cncc2s1. The van der Waals surface area contributed by atoms with Crippen LogP contribution >= 0.6 is 11.3 Å². The molecule has 1 aliphatic rings. The standard InChI is InChI=1S/C18H17N3OS/c19-18(22)16-7-14-15(9-20-10-17(14)23-16)12-2-1-3-13(6-12)21-8-11-4-5-11/h1-3,6-7,9-11,21H,4-5,8H2,(H2,19,22). The summed E-state index contributed by atoms with van der Waals surface area (Å²) in [6.07, 6.45) is 6.30. The van der Waals surface area contributed by atoms with Crippen LogP contribution in [0.2, 0.25) is 0 Å². The molecule has 23 heavy (non-hydrogen) atoms. The van der Waals surface area contributed by atoms with Crippen LogP contribution in [0.25, 0.3) is 21.2 Å². The maximum atomic E-state index is 11.4. The summed E-state index contributed by atoms with van der Waals surface area (Å²) in [5.74, 6) is 0.441. The van der Waals surface area contributed by atoms with Crippen LogP contribution in [0.4, 0.5) is 5.69 Å². The Hall–Kier alpha value is -2.40. The van der Waals surface area contributed by atoms with Gasteiger partial charge in [0, 0.05) is 35.6 Å².